The Morgan fingerprint density at radius 1 is 1.06 bits per heavy atom. The fourth-order valence-corrected chi connectivity index (χ4v) is 5.55. The number of methoxy groups -OCH3 is 1. The van der Waals surface area contributed by atoms with Crippen LogP contribution >= 0.6 is 0 Å². The molecule has 0 unspecified atom stereocenters. The number of hydrogen-bond donors (Lipinski definition) is 2. The molecule has 2 amide bonds. The van der Waals surface area contributed by atoms with Crippen molar-refractivity contribution in [2.24, 2.45) is 23.7 Å². The predicted molar refractivity (Wildman–Crippen MR) is 137 cm³/mol. The highest BCUT2D eigenvalue weighted by molar-refractivity contribution is 6.01. The number of fused-ring (bicyclic) bond motifs is 1. The van der Waals surface area contributed by atoms with Crippen molar-refractivity contribution in [1.82, 2.24) is 4.90 Å². The van der Waals surface area contributed by atoms with Gasteiger partial charge in [-0.25, -0.2) is 0 Å². The van der Waals surface area contributed by atoms with E-state index in [-0.39, 0.29) is 36.9 Å². The maximum atomic E-state index is 13.8. The first-order valence-corrected chi connectivity index (χ1v) is 13.2. The topological polar surface area (TPSA) is 105 Å². The van der Waals surface area contributed by atoms with Crippen molar-refractivity contribution in [1.29, 1.82) is 0 Å². The molecule has 0 aromatic heterocycles. The van der Waals surface area contributed by atoms with Crippen molar-refractivity contribution >= 4 is 23.5 Å². The van der Waals surface area contributed by atoms with Gasteiger partial charge in [0.05, 0.1) is 25.6 Å². The molecular formula is C28H40N2O6. The number of hydrogen-bond acceptors (Lipinski definition) is 6. The summed E-state index contributed by atoms with van der Waals surface area (Å²) in [5, 5.41) is 12.0. The van der Waals surface area contributed by atoms with E-state index in [4.69, 9.17) is 14.6 Å². The standard InChI is InChI=1S/C28H40N2O6/c1-4-10-19-11-16-22-24(23(19)28(34)36-5-2)27(33)30(17-8-6-7-9-18-31)25(22)26(32)29-20-12-14-21(35-3)15-13-20/h11-16,19,22-25,31H,4-10,17-18H2,1-3H3,(H,29,32)/t19-,22+,23-,24+,25+/m1/s1. The highest BCUT2D eigenvalue weighted by Crippen LogP contribution is 2.46. The first-order chi connectivity index (χ1) is 17.5. The van der Waals surface area contributed by atoms with Crippen molar-refractivity contribution in [3.8, 4) is 5.75 Å². The second-order valence-corrected chi connectivity index (χ2v) is 9.55. The Bertz CT molecular complexity index is 915. The van der Waals surface area contributed by atoms with Crippen LogP contribution in [0.25, 0.3) is 0 Å². The molecule has 1 aliphatic heterocycles. The Morgan fingerprint density at radius 3 is 2.42 bits per heavy atom. The molecule has 3 rings (SSSR count). The third kappa shape index (κ3) is 6.27. The van der Waals surface area contributed by atoms with Crippen LogP contribution in [0.5, 0.6) is 5.75 Å². The summed E-state index contributed by atoms with van der Waals surface area (Å²) in [6.45, 7) is 4.65. The van der Waals surface area contributed by atoms with Gasteiger partial charge in [0.15, 0.2) is 0 Å². The number of aliphatic hydroxyl groups is 1. The van der Waals surface area contributed by atoms with Crippen LogP contribution in [0.15, 0.2) is 36.4 Å². The third-order valence-electron chi connectivity index (χ3n) is 7.23. The number of benzene rings is 1. The maximum Gasteiger partial charge on any atom is 0.310 e. The minimum atomic E-state index is -0.710. The van der Waals surface area contributed by atoms with Crippen LogP contribution in [0.3, 0.4) is 0 Å². The van der Waals surface area contributed by atoms with Crippen molar-refractivity contribution in [3.63, 3.8) is 0 Å². The third-order valence-corrected chi connectivity index (χ3v) is 7.23. The Hall–Kier alpha value is -2.87. The Morgan fingerprint density at radius 2 is 1.78 bits per heavy atom. The summed E-state index contributed by atoms with van der Waals surface area (Å²) in [7, 11) is 1.58. The molecule has 0 saturated carbocycles. The van der Waals surface area contributed by atoms with Gasteiger partial charge in [0.1, 0.15) is 11.8 Å². The largest absolute Gasteiger partial charge is 0.497 e. The average molecular weight is 501 g/mol. The number of ether oxygens (including phenoxy) is 2. The quantitative estimate of drug-likeness (QED) is 0.243. The molecule has 198 valence electrons. The van der Waals surface area contributed by atoms with Crippen molar-refractivity contribution in [2.45, 2.75) is 58.4 Å². The molecule has 1 saturated heterocycles. The highest BCUT2D eigenvalue weighted by Gasteiger charge is 2.57. The number of unbranched alkanes of at least 4 members (excludes halogenated alkanes) is 3. The second-order valence-electron chi connectivity index (χ2n) is 9.55. The van der Waals surface area contributed by atoms with E-state index in [1.165, 1.54) is 0 Å². The maximum absolute atomic E-state index is 13.8. The summed E-state index contributed by atoms with van der Waals surface area (Å²) in [6.07, 6.45) is 8.80. The molecule has 2 N–H and O–H groups in total. The average Bonchev–Trinajstić information content (AvgIpc) is 3.16. The minimum absolute atomic E-state index is 0.0888. The van der Waals surface area contributed by atoms with E-state index in [1.807, 2.05) is 12.2 Å². The first-order valence-electron chi connectivity index (χ1n) is 13.2. The molecule has 0 radical (unpaired) electrons. The zero-order chi connectivity index (χ0) is 26.1. The molecule has 8 heteroatoms. The fourth-order valence-electron chi connectivity index (χ4n) is 5.55. The van der Waals surface area contributed by atoms with Crippen LogP contribution in [0, 0.1) is 23.7 Å². The number of rotatable bonds is 13. The number of amides is 2. The van der Waals surface area contributed by atoms with E-state index < -0.39 is 23.8 Å². The molecular weight excluding hydrogens is 460 g/mol. The molecule has 1 aromatic carbocycles. The van der Waals surface area contributed by atoms with Crippen LogP contribution in [0.4, 0.5) is 5.69 Å². The zero-order valence-corrected chi connectivity index (χ0v) is 21.7. The Labute approximate surface area is 214 Å². The van der Waals surface area contributed by atoms with Gasteiger partial charge >= 0.3 is 5.97 Å². The molecule has 1 aromatic rings. The summed E-state index contributed by atoms with van der Waals surface area (Å²) in [6, 6.07) is 6.35. The van der Waals surface area contributed by atoms with Gasteiger partial charge in [-0.1, -0.05) is 38.3 Å². The summed E-state index contributed by atoms with van der Waals surface area (Å²) >= 11 is 0. The van der Waals surface area contributed by atoms with Crippen LogP contribution in [-0.4, -0.2) is 60.7 Å². The molecule has 5 atom stereocenters. The lowest BCUT2D eigenvalue weighted by Crippen LogP contribution is -2.44. The second kappa shape index (κ2) is 13.4. The van der Waals surface area contributed by atoms with Gasteiger partial charge < -0.3 is 24.8 Å². The number of carbonyl (C=O) groups is 3. The summed E-state index contributed by atoms with van der Waals surface area (Å²) in [5.41, 5.74) is 0.616. The molecule has 0 bridgehead atoms. The van der Waals surface area contributed by atoms with Crippen LogP contribution in [0.1, 0.15) is 52.4 Å². The van der Waals surface area contributed by atoms with Crippen LogP contribution < -0.4 is 10.1 Å². The molecule has 8 nitrogen and oxygen atoms in total. The van der Waals surface area contributed by atoms with Crippen LogP contribution in [-0.2, 0) is 19.1 Å². The van der Waals surface area contributed by atoms with Crippen molar-refractivity contribution < 1.29 is 29.0 Å². The summed E-state index contributed by atoms with van der Waals surface area (Å²) in [5.74, 6) is -1.80. The van der Waals surface area contributed by atoms with Gasteiger partial charge in [-0.15, -0.1) is 0 Å². The molecule has 36 heavy (non-hydrogen) atoms. The lowest BCUT2D eigenvalue weighted by Gasteiger charge is -2.33. The Kier molecular flexibility index (Phi) is 10.3. The molecule has 1 aliphatic carbocycles. The normalized spacial score (nSPS) is 24.9. The zero-order valence-electron chi connectivity index (χ0n) is 21.7. The van der Waals surface area contributed by atoms with Gasteiger partial charge in [0, 0.05) is 24.8 Å². The number of nitrogens with zero attached hydrogens (tertiary/aromatic N) is 1. The van der Waals surface area contributed by atoms with Gasteiger partial charge in [-0.05, 0) is 56.4 Å². The fraction of sp³-hybridized carbons (Fsp3) is 0.607. The van der Waals surface area contributed by atoms with E-state index in [0.717, 1.165) is 32.1 Å². The number of esters is 1. The first kappa shape index (κ1) is 27.7. The smallest absolute Gasteiger partial charge is 0.310 e. The molecule has 1 heterocycles. The van der Waals surface area contributed by atoms with E-state index in [0.29, 0.717) is 24.4 Å². The SMILES string of the molecule is CCC[C@@H]1C=C[C@H]2[C@H](C(=O)N(CCCCCCO)[C@@H]2C(=O)Nc2ccc(OC)cc2)[C@@H]1C(=O)OCC. The minimum Gasteiger partial charge on any atom is -0.497 e. The van der Waals surface area contributed by atoms with Crippen LogP contribution in [0.2, 0.25) is 0 Å². The van der Waals surface area contributed by atoms with Crippen molar-refractivity contribution in [2.75, 3.05) is 32.2 Å². The van der Waals surface area contributed by atoms with E-state index in [9.17, 15) is 14.4 Å². The van der Waals surface area contributed by atoms with Crippen molar-refractivity contribution in [3.05, 3.63) is 36.4 Å². The monoisotopic (exact) mass is 500 g/mol. The van der Waals surface area contributed by atoms with Gasteiger partial charge in [0.2, 0.25) is 11.8 Å². The summed E-state index contributed by atoms with van der Waals surface area (Å²) in [4.78, 5) is 42.2. The highest BCUT2D eigenvalue weighted by atomic mass is 16.5. The number of allylic oxidation sites excluding steroid dienone is 1. The van der Waals surface area contributed by atoms with Gasteiger partial charge in [0.25, 0.3) is 0 Å². The molecule has 0 spiro atoms. The van der Waals surface area contributed by atoms with E-state index >= 15 is 0 Å². The number of likely N-dealkylation sites (tertiary alicyclic amines) is 1. The lowest BCUT2D eigenvalue weighted by molar-refractivity contribution is -0.155. The van der Waals surface area contributed by atoms with E-state index in [2.05, 4.69) is 12.2 Å². The number of anilines is 1. The molecule has 2 aliphatic rings. The number of aliphatic hydroxyl groups excluding tert-OH is 1. The van der Waals surface area contributed by atoms with Gasteiger partial charge in [-0.3, -0.25) is 14.4 Å². The summed E-state index contributed by atoms with van der Waals surface area (Å²) < 4.78 is 10.6. The Balaban J connectivity index is 1.89. The van der Waals surface area contributed by atoms with Gasteiger partial charge in [-0.2, -0.15) is 0 Å². The number of nitrogens with one attached hydrogen (secondary N) is 1. The predicted octanol–water partition coefficient (Wildman–Crippen LogP) is 3.80. The van der Waals surface area contributed by atoms with E-state index in [1.54, 1.807) is 43.2 Å². The molecule has 1 fully saturated rings. The number of carbonyl (C=O) groups excluding carboxylic acids is 3. The lowest BCUT2D eigenvalue weighted by atomic mass is 9.69.